The largest absolute Gasteiger partial charge is 0.508 e. The molecule has 1 aromatic carbocycles. The Hall–Kier alpha value is -1.02. The standard InChI is InChI=1S/C20H32O2/c1-4-5-6-12-20(2,3)16-10-11-18(19(22)14-16)15-8-7-9-17(21)13-15/h10-11,14-15,17,21-22H,4-9,12-13H2,1-3H3/t15-,17?/m0/s1. The molecule has 2 heteroatoms. The van der Waals surface area contributed by atoms with Crippen molar-refractivity contribution in [2.75, 3.05) is 0 Å². The van der Waals surface area contributed by atoms with E-state index in [4.69, 9.17) is 0 Å². The highest BCUT2D eigenvalue weighted by molar-refractivity contribution is 5.41. The fourth-order valence-corrected chi connectivity index (χ4v) is 3.72. The highest BCUT2D eigenvalue weighted by Gasteiger charge is 2.26. The number of benzene rings is 1. The van der Waals surface area contributed by atoms with Crippen LogP contribution in [0.5, 0.6) is 5.75 Å². The lowest BCUT2D eigenvalue weighted by molar-refractivity contribution is 0.119. The minimum Gasteiger partial charge on any atom is -0.508 e. The van der Waals surface area contributed by atoms with Gasteiger partial charge in [0, 0.05) is 0 Å². The smallest absolute Gasteiger partial charge is 0.119 e. The number of hydrogen-bond donors (Lipinski definition) is 2. The number of aliphatic hydroxyl groups is 1. The van der Waals surface area contributed by atoms with E-state index in [2.05, 4.69) is 32.9 Å². The molecule has 2 rings (SSSR count). The van der Waals surface area contributed by atoms with E-state index in [1.165, 1.54) is 24.8 Å². The van der Waals surface area contributed by atoms with Gasteiger partial charge < -0.3 is 10.2 Å². The van der Waals surface area contributed by atoms with E-state index in [1.54, 1.807) is 0 Å². The van der Waals surface area contributed by atoms with Crippen LogP contribution in [0.2, 0.25) is 0 Å². The number of hydrogen-bond acceptors (Lipinski definition) is 2. The van der Waals surface area contributed by atoms with Gasteiger partial charge in [0.1, 0.15) is 5.75 Å². The quantitative estimate of drug-likeness (QED) is 0.703. The summed E-state index contributed by atoms with van der Waals surface area (Å²) < 4.78 is 0. The van der Waals surface area contributed by atoms with E-state index >= 15 is 0 Å². The fourth-order valence-electron chi connectivity index (χ4n) is 3.72. The molecule has 0 aromatic heterocycles. The number of phenolic OH excluding ortho intramolecular Hbond substituents is 1. The molecule has 1 aliphatic carbocycles. The van der Waals surface area contributed by atoms with Crippen molar-refractivity contribution in [2.45, 2.75) is 89.6 Å². The van der Waals surface area contributed by atoms with Gasteiger partial charge in [-0.3, -0.25) is 0 Å². The number of phenols is 1. The Kier molecular flexibility index (Phi) is 5.91. The minimum absolute atomic E-state index is 0.108. The second-order valence-corrected chi connectivity index (χ2v) is 7.63. The van der Waals surface area contributed by atoms with Crippen molar-refractivity contribution in [1.82, 2.24) is 0 Å². The van der Waals surface area contributed by atoms with E-state index < -0.39 is 0 Å². The van der Waals surface area contributed by atoms with Gasteiger partial charge in [-0.05, 0) is 54.2 Å². The normalized spacial score (nSPS) is 22.7. The summed E-state index contributed by atoms with van der Waals surface area (Å²) in [7, 11) is 0. The van der Waals surface area contributed by atoms with Crippen LogP contribution in [0.3, 0.4) is 0 Å². The highest BCUT2D eigenvalue weighted by Crippen LogP contribution is 2.39. The molecule has 1 fully saturated rings. The van der Waals surface area contributed by atoms with Crippen LogP contribution in [0.15, 0.2) is 18.2 Å². The van der Waals surface area contributed by atoms with Gasteiger partial charge in [0.05, 0.1) is 6.10 Å². The van der Waals surface area contributed by atoms with Crippen LogP contribution in [0.4, 0.5) is 0 Å². The summed E-state index contributed by atoms with van der Waals surface area (Å²) in [5.41, 5.74) is 2.35. The lowest BCUT2D eigenvalue weighted by Gasteiger charge is -2.29. The SMILES string of the molecule is CCCCCC(C)(C)c1ccc([C@H]2CCCC(O)C2)c(O)c1. The summed E-state index contributed by atoms with van der Waals surface area (Å²) in [5, 5.41) is 20.3. The van der Waals surface area contributed by atoms with Gasteiger partial charge in [-0.1, -0.05) is 58.6 Å². The third kappa shape index (κ3) is 4.25. The Morgan fingerprint density at radius 1 is 1.18 bits per heavy atom. The first-order valence-electron chi connectivity index (χ1n) is 8.95. The van der Waals surface area contributed by atoms with Gasteiger partial charge in [0.15, 0.2) is 0 Å². The molecule has 124 valence electrons. The predicted molar refractivity (Wildman–Crippen MR) is 92.5 cm³/mol. The van der Waals surface area contributed by atoms with Crippen molar-refractivity contribution in [3.63, 3.8) is 0 Å². The Balaban J connectivity index is 2.11. The summed E-state index contributed by atoms with van der Waals surface area (Å²) in [4.78, 5) is 0. The number of rotatable bonds is 6. The molecule has 0 aliphatic heterocycles. The zero-order valence-electron chi connectivity index (χ0n) is 14.4. The maximum Gasteiger partial charge on any atom is 0.119 e. The van der Waals surface area contributed by atoms with E-state index in [-0.39, 0.29) is 11.5 Å². The highest BCUT2D eigenvalue weighted by atomic mass is 16.3. The summed E-state index contributed by atoms with van der Waals surface area (Å²) in [6.07, 6.45) is 8.51. The molecule has 2 N–H and O–H groups in total. The topological polar surface area (TPSA) is 40.5 Å². The van der Waals surface area contributed by atoms with Crippen molar-refractivity contribution < 1.29 is 10.2 Å². The Bertz CT molecular complexity index is 479. The second kappa shape index (κ2) is 7.50. The minimum atomic E-state index is -0.205. The first-order valence-corrected chi connectivity index (χ1v) is 8.95. The number of aliphatic hydroxyl groups excluding tert-OH is 1. The molecular weight excluding hydrogens is 272 g/mol. The first-order chi connectivity index (χ1) is 10.4. The molecule has 2 atom stereocenters. The van der Waals surface area contributed by atoms with Gasteiger partial charge in [-0.2, -0.15) is 0 Å². The lowest BCUT2D eigenvalue weighted by atomic mass is 9.77. The first kappa shape index (κ1) is 17.3. The predicted octanol–water partition coefficient (Wildman–Crippen LogP) is 5.27. The average Bonchev–Trinajstić information content (AvgIpc) is 2.47. The maximum absolute atomic E-state index is 10.5. The fraction of sp³-hybridized carbons (Fsp3) is 0.700. The molecule has 0 heterocycles. The van der Waals surface area contributed by atoms with Gasteiger partial charge in [-0.15, -0.1) is 0 Å². The van der Waals surface area contributed by atoms with Crippen molar-refractivity contribution in [3.8, 4) is 5.75 Å². The molecule has 0 amide bonds. The lowest BCUT2D eigenvalue weighted by Crippen LogP contribution is -2.19. The second-order valence-electron chi connectivity index (χ2n) is 7.63. The monoisotopic (exact) mass is 304 g/mol. The van der Waals surface area contributed by atoms with Gasteiger partial charge >= 0.3 is 0 Å². The van der Waals surface area contributed by atoms with Crippen molar-refractivity contribution in [2.24, 2.45) is 0 Å². The van der Waals surface area contributed by atoms with Crippen LogP contribution in [0, 0.1) is 0 Å². The molecule has 1 aromatic rings. The van der Waals surface area contributed by atoms with E-state index in [0.29, 0.717) is 11.7 Å². The molecule has 1 unspecified atom stereocenters. The Labute approximate surface area is 135 Å². The summed E-state index contributed by atoms with van der Waals surface area (Å²) in [6, 6.07) is 6.24. The molecule has 22 heavy (non-hydrogen) atoms. The summed E-state index contributed by atoms with van der Waals surface area (Å²) >= 11 is 0. The molecule has 0 saturated heterocycles. The molecule has 0 bridgehead atoms. The van der Waals surface area contributed by atoms with Crippen LogP contribution in [0.25, 0.3) is 0 Å². The van der Waals surface area contributed by atoms with Gasteiger partial charge in [0.2, 0.25) is 0 Å². The van der Waals surface area contributed by atoms with Gasteiger partial charge in [0.25, 0.3) is 0 Å². The molecule has 0 radical (unpaired) electrons. The van der Waals surface area contributed by atoms with Crippen LogP contribution in [-0.2, 0) is 5.41 Å². The van der Waals surface area contributed by atoms with Crippen LogP contribution < -0.4 is 0 Å². The maximum atomic E-state index is 10.5. The van der Waals surface area contributed by atoms with Crippen molar-refractivity contribution in [3.05, 3.63) is 29.3 Å². The van der Waals surface area contributed by atoms with Crippen LogP contribution >= 0.6 is 0 Å². The molecule has 0 spiro atoms. The van der Waals surface area contributed by atoms with E-state index in [9.17, 15) is 10.2 Å². The average molecular weight is 304 g/mol. The third-order valence-electron chi connectivity index (χ3n) is 5.30. The van der Waals surface area contributed by atoms with E-state index in [1.807, 2.05) is 6.07 Å². The van der Waals surface area contributed by atoms with Crippen LogP contribution in [0.1, 0.15) is 89.2 Å². The Morgan fingerprint density at radius 2 is 1.95 bits per heavy atom. The van der Waals surface area contributed by atoms with E-state index in [0.717, 1.165) is 37.7 Å². The number of unbranched alkanes of at least 4 members (excludes halogenated alkanes) is 2. The third-order valence-corrected chi connectivity index (χ3v) is 5.30. The molecule has 1 aliphatic rings. The summed E-state index contributed by atoms with van der Waals surface area (Å²) in [5.74, 6) is 0.723. The van der Waals surface area contributed by atoms with Crippen molar-refractivity contribution in [1.29, 1.82) is 0 Å². The number of aromatic hydroxyl groups is 1. The van der Waals surface area contributed by atoms with Crippen LogP contribution in [-0.4, -0.2) is 16.3 Å². The molecular formula is C20H32O2. The molecule has 1 saturated carbocycles. The Morgan fingerprint density at radius 3 is 2.59 bits per heavy atom. The zero-order chi connectivity index (χ0) is 16.2. The van der Waals surface area contributed by atoms with Crippen molar-refractivity contribution >= 4 is 0 Å². The zero-order valence-corrected chi connectivity index (χ0v) is 14.4. The van der Waals surface area contributed by atoms with Gasteiger partial charge in [-0.25, -0.2) is 0 Å². The molecule has 2 nitrogen and oxygen atoms in total. The summed E-state index contributed by atoms with van der Waals surface area (Å²) in [6.45, 7) is 6.76.